The van der Waals surface area contributed by atoms with Gasteiger partial charge in [-0.15, -0.1) is 23.4 Å². The summed E-state index contributed by atoms with van der Waals surface area (Å²) in [5, 5.41) is 7.87. The Morgan fingerprint density at radius 3 is 2.68 bits per heavy atom. The quantitative estimate of drug-likeness (QED) is 0.574. The van der Waals surface area contributed by atoms with E-state index in [-0.39, 0.29) is 0 Å². The average Bonchev–Trinajstić information content (AvgIpc) is 2.41. The van der Waals surface area contributed by atoms with Crippen LogP contribution in [0.3, 0.4) is 0 Å². The first-order valence-electron chi connectivity index (χ1n) is 7.77. The van der Waals surface area contributed by atoms with Crippen LogP contribution in [0, 0.1) is 5.92 Å². The predicted molar refractivity (Wildman–Crippen MR) is 86.9 cm³/mol. The summed E-state index contributed by atoms with van der Waals surface area (Å²) in [6, 6.07) is 0.501. The molecule has 2 rings (SSSR count). The summed E-state index contributed by atoms with van der Waals surface area (Å²) in [6.45, 7) is 4.73. The van der Waals surface area contributed by atoms with Gasteiger partial charge in [0.2, 0.25) is 0 Å². The van der Waals surface area contributed by atoms with Gasteiger partial charge in [-0.2, -0.15) is 0 Å². The van der Waals surface area contributed by atoms with Crippen molar-refractivity contribution in [1.29, 1.82) is 0 Å². The molecule has 0 aromatic heterocycles. The Bertz CT molecular complexity index is 289. The van der Waals surface area contributed by atoms with E-state index in [9.17, 15) is 0 Å². The Morgan fingerprint density at radius 2 is 2.16 bits per heavy atom. The van der Waals surface area contributed by atoms with E-state index in [2.05, 4.69) is 30.7 Å². The summed E-state index contributed by atoms with van der Waals surface area (Å²) >= 11 is 8.11. The van der Waals surface area contributed by atoms with Gasteiger partial charge >= 0.3 is 0 Å². The molecule has 112 valence electrons. The second-order valence-electron chi connectivity index (χ2n) is 6.56. The van der Waals surface area contributed by atoms with E-state index in [1.807, 2.05) is 11.8 Å². The van der Waals surface area contributed by atoms with Gasteiger partial charge in [0.15, 0.2) is 0 Å². The SMILES string of the molecule is CCC1CCCC(C)(NC(NC2CC[C@@H]2Cl)SC)C1. The highest BCUT2D eigenvalue weighted by molar-refractivity contribution is 7.99. The minimum Gasteiger partial charge on any atom is -0.289 e. The number of alkyl halides is 1. The van der Waals surface area contributed by atoms with Crippen molar-refractivity contribution >= 4 is 23.4 Å². The summed E-state index contributed by atoms with van der Waals surface area (Å²) < 4.78 is 0. The fraction of sp³-hybridized carbons (Fsp3) is 1.00. The molecule has 0 radical (unpaired) electrons. The van der Waals surface area contributed by atoms with Gasteiger partial charge in [-0.05, 0) is 44.8 Å². The molecule has 2 aliphatic carbocycles. The van der Waals surface area contributed by atoms with Crippen LogP contribution >= 0.6 is 23.4 Å². The maximum atomic E-state index is 6.24. The van der Waals surface area contributed by atoms with Gasteiger partial charge in [-0.1, -0.05) is 26.2 Å². The van der Waals surface area contributed by atoms with Gasteiger partial charge in [0.05, 0.1) is 0 Å². The second-order valence-corrected chi connectivity index (χ2v) is 8.06. The van der Waals surface area contributed by atoms with E-state index >= 15 is 0 Å². The van der Waals surface area contributed by atoms with Crippen LogP contribution in [0.1, 0.15) is 58.8 Å². The summed E-state index contributed by atoms with van der Waals surface area (Å²) in [6.07, 6.45) is 11.3. The molecule has 2 nitrogen and oxygen atoms in total. The summed E-state index contributed by atoms with van der Waals surface area (Å²) in [5.74, 6) is 0.901. The average molecular weight is 305 g/mol. The molecule has 0 bridgehead atoms. The van der Waals surface area contributed by atoms with E-state index in [4.69, 9.17) is 11.6 Å². The van der Waals surface area contributed by atoms with E-state index in [1.165, 1.54) is 38.5 Å². The Kier molecular flexibility index (Phi) is 5.89. The molecule has 4 unspecified atom stereocenters. The largest absolute Gasteiger partial charge is 0.289 e. The number of halogens is 1. The van der Waals surface area contributed by atoms with Crippen molar-refractivity contribution in [3.05, 3.63) is 0 Å². The Morgan fingerprint density at radius 1 is 1.37 bits per heavy atom. The van der Waals surface area contributed by atoms with Gasteiger partial charge in [0.25, 0.3) is 0 Å². The number of rotatable bonds is 6. The molecule has 0 aromatic rings. The topological polar surface area (TPSA) is 24.1 Å². The number of nitrogens with one attached hydrogen (secondary N) is 2. The molecule has 19 heavy (non-hydrogen) atoms. The molecule has 0 saturated heterocycles. The van der Waals surface area contributed by atoms with Crippen LogP contribution in [0.2, 0.25) is 0 Å². The fourth-order valence-corrected chi connectivity index (χ4v) is 4.47. The Labute approximate surface area is 127 Å². The van der Waals surface area contributed by atoms with Crippen molar-refractivity contribution < 1.29 is 0 Å². The zero-order valence-corrected chi connectivity index (χ0v) is 14.1. The normalized spacial score (nSPS) is 40.7. The Hall–Kier alpha value is 0.560. The third-order valence-corrected chi connectivity index (χ3v) is 6.18. The lowest BCUT2D eigenvalue weighted by Crippen LogP contribution is -2.59. The molecule has 2 saturated carbocycles. The second kappa shape index (κ2) is 7.02. The molecule has 5 atom stereocenters. The van der Waals surface area contributed by atoms with Crippen molar-refractivity contribution in [2.24, 2.45) is 5.92 Å². The molecule has 4 heteroatoms. The highest BCUT2D eigenvalue weighted by atomic mass is 35.5. The van der Waals surface area contributed by atoms with E-state index in [0.717, 1.165) is 12.3 Å². The van der Waals surface area contributed by atoms with Crippen LogP contribution in [0.15, 0.2) is 0 Å². The van der Waals surface area contributed by atoms with E-state index in [1.54, 1.807) is 0 Å². The van der Waals surface area contributed by atoms with Crippen molar-refractivity contribution in [3.8, 4) is 0 Å². The smallest absolute Gasteiger partial charge is 0.106 e. The zero-order chi connectivity index (χ0) is 13.9. The molecule has 0 aromatic carbocycles. The number of hydrogen-bond acceptors (Lipinski definition) is 3. The van der Waals surface area contributed by atoms with Crippen LogP contribution < -0.4 is 10.6 Å². The van der Waals surface area contributed by atoms with Gasteiger partial charge in [-0.3, -0.25) is 10.6 Å². The lowest BCUT2D eigenvalue weighted by atomic mass is 9.76. The molecule has 0 amide bonds. The molecular formula is C15H29ClN2S. The maximum absolute atomic E-state index is 6.24. The third-order valence-electron chi connectivity index (χ3n) is 4.93. The molecule has 0 spiro atoms. The van der Waals surface area contributed by atoms with Crippen LogP contribution in [-0.4, -0.2) is 28.7 Å². The van der Waals surface area contributed by atoms with Crippen molar-refractivity contribution in [3.63, 3.8) is 0 Å². The highest BCUT2D eigenvalue weighted by Gasteiger charge is 2.35. The van der Waals surface area contributed by atoms with Crippen molar-refractivity contribution in [2.75, 3.05) is 6.26 Å². The molecular weight excluding hydrogens is 276 g/mol. The Balaban J connectivity index is 1.85. The van der Waals surface area contributed by atoms with Gasteiger partial charge in [0, 0.05) is 17.0 Å². The van der Waals surface area contributed by atoms with Crippen LogP contribution in [0.5, 0.6) is 0 Å². The van der Waals surface area contributed by atoms with E-state index < -0.39 is 0 Å². The molecule has 2 N–H and O–H groups in total. The first-order valence-corrected chi connectivity index (χ1v) is 9.49. The summed E-state index contributed by atoms with van der Waals surface area (Å²) in [7, 11) is 0. The standard InChI is InChI=1S/C15H29ClN2S/c1-4-11-6-5-9-15(2,10-11)18-14(19-3)17-13-8-7-12(13)16/h11-14,17-18H,4-10H2,1-3H3/t11?,12-,13?,14?,15?/m0/s1. The third kappa shape index (κ3) is 4.26. The fourth-order valence-electron chi connectivity index (χ4n) is 3.43. The monoisotopic (exact) mass is 304 g/mol. The molecule has 2 aliphatic rings. The summed E-state index contributed by atoms with van der Waals surface area (Å²) in [4.78, 5) is 0. The first kappa shape index (κ1) is 15.9. The van der Waals surface area contributed by atoms with E-state index in [0.29, 0.717) is 22.5 Å². The van der Waals surface area contributed by atoms with Crippen molar-refractivity contribution in [1.82, 2.24) is 10.6 Å². The number of thioether (sulfide) groups is 1. The van der Waals surface area contributed by atoms with Crippen molar-refractivity contribution in [2.45, 2.75) is 81.2 Å². The van der Waals surface area contributed by atoms with Crippen LogP contribution in [0.4, 0.5) is 0 Å². The molecule has 2 fully saturated rings. The lowest BCUT2D eigenvalue weighted by molar-refractivity contribution is 0.175. The molecule has 0 aliphatic heterocycles. The first-order chi connectivity index (χ1) is 9.06. The highest BCUT2D eigenvalue weighted by Crippen LogP contribution is 2.35. The summed E-state index contributed by atoms with van der Waals surface area (Å²) in [5.41, 5.74) is 0.637. The predicted octanol–water partition coefficient (Wildman–Crippen LogP) is 3.94. The van der Waals surface area contributed by atoms with Crippen LogP contribution in [-0.2, 0) is 0 Å². The van der Waals surface area contributed by atoms with Gasteiger partial charge < -0.3 is 0 Å². The number of hydrogen-bond donors (Lipinski definition) is 2. The lowest BCUT2D eigenvalue weighted by Gasteiger charge is -2.43. The minimum absolute atomic E-state index is 0.297. The minimum atomic E-state index is 0.297. The maximum Gasteiger partial charge on any atom is 0.106 e. The zero-order valence-electron chi connectivity index (χ0n) is 12.5. The molecule has 0 heterocycles. The van der Waals surface area contributed by atoms with Crippen LogP contribution in [0.25, 0.3) is 0 Å². The van der Waals surface area contributed by atoms with Gasteiger partial charge in [-0.25, -0.2) is 0 Å². The van der Waals surface area contributed by atoms with Gasteiger partial charge in [0.1, 0.15) is 5.50 Å².